The van der Waals surface area contributed by atoms with Gasteiger partial charge in [-0.05, 0) is 30.6 Å². The lowest BCUT2D eigenvalue weighted by atomic mass is 10.2. The van der Waals surface area contributed by atoms with E-state index >= 15 is 0 Å². The zero-order valence-corrected chi connectivity index (χ0v) is 12.4. The highest BCUT2D eigenvalue weighted by Crippen LogP contribution is 2.11. The molecule has 0 spiro atoms. The van der Waals surface area contributed by atoms with E-state index in [1.165, 1.54) is 18.3 Å². The van der Waals surface area contributed by atoms with Gasteiger partial charge in [0.1, 0.15) is 0 Å². The molecule has 0 aliphatic carbocycles. The first-order chi connectivity index (χ1) is 8.84. The highest BCUT2D eigenvalue weighted by atomic mass is 32.2. The first kappa shape index (κ1) is 15.9. The highest BCUT2D eigenvalue weighted by molar-refractivity contribution is 7.98. The number of hydrogen-bond donors (Lipinski definition) is 2. The molecule has 1 heterocycles. The van der Waals surface area contributed by atoms with Gasteiger partial charge in [0.25, 0.3) is 0 Å². The van der Waals surface area contributed by atoms with Crippen LogP contribution in [-0.4, -0.2) is 43.6 Å². The Morgan fingerprint density at radius 2 is 2.21 bits per heavy atom. The quantitative estimate of drug-likeness (QED) is 0.793. The fourth-order valence-electron chi connectivity index (χ4n) is 1.28. The predicted octanol–water partition coefficient (Wildman–Crippen LogP) is 0.504. The second-order valence-electron chi connectivity index (χ2n) is 4.03. The van der Waals surface area contributed by atoms with Gasteiger partial charge in [0.15, 0.2) is 14.9 Å². The standard InChI is InChI=1S/C11H17N3O3S2/c1-18-6-5-9(12)11(15)14-8-3-4-10(13-7-8)19(2,16)17/h3-4,7,9H,5-6,12H2,1-2H3,(H,14,15)/t9-/m1/s1. The molecule has 3 N–H and O–H groups in total. The van der Waals surface area contributed by atoms with E-state index in [0.29, 0.717) is 12.1 Å². The molecule has 1 aromatic rings. The minimum absolute atomic E-state index is 0.0304. The monoisotopic (exact) mass is 303 g/mol. The SMILES string of the molecule is CSCC[C@@H](N)C(=O)Nc1ccc(S(C)(=O)=O)nc1. The molecular weight excluding hydrogens is 286 g/mol. The Morgan fingerprint density at radius 3 is 2.68 bits per heavy atom. The van der Waals surface area contributed by atoms with Crippen LogP contribution in [-0.2, 0) is 14.6 Å². The van der Waals surface area contributed by atoms with Gasteiger partial charge in [-0.2, -0.15) is 11.8 Å². The van der Waals surface area contributed by atoms with Crippen LogP contribution in [0.3, 0.4) is 0 Å². The molecule has 0 saturated carbocycles. The van der Waals surface area contributed by atoms with Crippen LogP contribution >= 0.6 is 11.8 Å². The molecule has 0 fully saturated rings. The van der Waals surface area contributed by atoms with E-state index in [1.807, 2.05) is 6.26 Å². The number of pyridine rings is 1. The molecular formula is C11H17N3O3S2. The maximum atomic E-state index is 11.7. The maximum Gasteiger partial charge on any atom is 0.241 e. The molecule has 19 heavy (non-hydrogen) atoms. The topological polar surface area (TPSA) is 102 Å². The van der Waals surface area contributed by atoms with Gasteiger partial charge in [-0.1, -0.05) is 0 Å². The lowest BCUT2D eigenvalue weighted by Gasteiger charge is -2.11. The van der Waals surface area contributed by atoms with Crippen molar-refractivity contribution < 1.29 is 13.2 Å². The van der Waals surface area contributed by atoms with Crippen molar-refractivity contribution >= 4 is 33.2 Å². The number of aromatic nitrogens is 1. The van der Waals surface area contributed by atoms with E-state index in [2.05, 4.69) is 10.3 Å². The first-order valence-electron chi connectivity index (χ1n) is 5.56. The highest BCUT2D eigenvalue weighted by Gasteiger charge is 2.14. The van der Waals surface area contributed by atoms with E-state index in [1.54, 1.807) is 11.8 Å². The van der Waals surface area contributed by atoms with Crippen molar-refractivity contribution in [2.24, 2.45) is 5.73 Å². The molecule has 0 bridgehead atoms. The van der Waals surface area contributed by atoms with Crippen molar-refractivity contribution in [3.8, 4) is 0 Å². The maximum absolute atomic E-state index is 11.7. The molecule has 1 aromatic heterocycles. The summed E-state index contributed by atoms with van der Waals surface area (Å²) in [7, 11) is -3.33. The molecule has 0 saturated heterocycles. The third kappa shape index (κ3) is 5.17. The molecule has 0 radical (unpaired) electrons. The van der Waals surface area contributed by atoms with Gasteiger partial charge < -0.3 is 11.1 Å². The molecule has 0 aliphatic rings. The number of sulfone groups is 1. The number of nitrogens with one attached hydrogen (secondary N) is 1. The zero-order chi connectivity index (χ0) is 14.5. The van der Waals surface area contributed by atoms with E-state index in [0.717, 1.165) is 12.0 Å². The molecule has 1 atom stereocenters. The van der Waals surface area contributed by atoms with Crippen LogP contribution in [0.5, 0.6) is 0 Å². The molecule has 106 valence electrons. The van der Waals surface area contributed by atoms with Crippen molar-refractivity contribution in [3.63, 3.8) is 0 Å². The van der Waals surface area contributed by atoms with Gasteiger partial charge in [0.2, 0.25) is 5.91 Å². The van der Waals surface area contributed by atoms with E-state index in [-0.39, 0.29) is 10.9 Å². The summed E-state index contributed by atoms with van der Waals surface area (Å²) in [4.78, 5) is 15.5. The number of hydrogen-bond acceptors (Lipinski definition) is 6. The van der Waals surface area contributed by atoms with Crippen LogP contribution in [0.1, 0.15) is 6.42 Å². The van der Waals surface area contributed by atoms with E-state index < -0.39 is 15.9 Å². The van der Waals surface area contributed by atoms with Crippen LogP contribution in [0, 0.1) is 0 Å². The third-order valence-electron chi connectivity index (χ3n) is 2.35. The smallest absolute Gasteiger partial charge is 0.241 e. The number of thioether (sulfide) groups is 1. The normalized spacial score (nSPS) is 13.0. The number of carbonyl (C=O) groups excluding carboxylic acids is 1. The summed E-state index contributed by atoms with van der Waals surface area (Å²) < 4.78 is 22.4. The molecule has 0 unspecified atom stereocenters. The Labute approximate surface area is 117 Å². The number of nitrogens with zero attached hydrogens (tertiary/aromatic N) is 1. The summed E-state index contributed by atoms with van der Waals surface area (Å²) >= 11 is 1.62. The van der Waals surface area contributed by atoms with E-state index in [9.17, 15) is 13.2 Å². The Hall–Kier alpha value is -1.12. The van der Waals surface area contributed by atoms with Gasteiger partial charge in [-0.3, -0.25) is 4.79 Å². The second kappa shape index (κ2) is 6.88. The van der Waals surface area contributed by atoms with Gasteiger partial charge >= 0.3 is 0 Å². The molecule has 0 aliphatic heterocycles. The third-order valence-corrected chi connectivity index (χ3v) is 4.00. The van der Waals surface area contributed by atoms with Crippen LogP contribution < -0.4 is 11.1 Å². The average Bonchev–Trinajstić information content (AvgIpc) is 2.35. The average molecular weight is 303 g/mol. The number of carbonyl (C=O) groups is 1. The Bertz CT molecular complexity index is 529. The summed E-state index contributed by atoms with van der Waals surface area (Å²) in [6.07, 6.45) is 4.90. The van der Waals surface area contributed by atoms with E-state index in [4.69, 9.17) is 5.73 Å². The molecule has 6 nitrogen and oxygen atoms in total. The van der Waals surface area contributed by atoms with Crippen LogP contribution in [0.2, 0.25) is 0 Å². The van der Waals surface area contributed by atoms with Gasteiger partial charge in [0.05, 0.1) is 17.9 Å². The lowest BCUT2D eigenvalue weighted by molar-refractivity contribution is -0.117. The van der Waals surface area contributed by atoms with Gasteiger partial charge in [0, 0.05) is 6.26 Å². The number of anilines is 1. The number of amides is 1. The minimum atomic E-state index is -3.33. The lowest BCUT2D eigenvalue weighted by Crippen LogP contribution is -2.36. The first-order valence-corrected chi connectivity index (χ1v) is 8.84. The summed E-state index contributed by atoms with van der Waals surface area (Å²) in [5, 5.41) is 2.57. The molecule has 1 rings (SSSR count). The van der Waals surface area contributed by atoms with Crippen molar-refractivity contribution in [3.05, 3.63) is 18.3 Å². The second-order valence-corrected chi connectivity index (χ2v) is 6.98. The number of rotatable bonds is 6. The minimum Gasteiger partial charge on any atom is -0.323 e. The molecule has 1 amide bonds. The molecule has 8 heteroatoms. The van der Waals surface area contributed by atoms with Gasteiger partial charge in [-0.25, -0.2) is 13.4 Å². The predicted molar refractivity (Wildman–Crippen MR) is 77.0 cm³/mol. The summed E-state index contributed by atoms with van der Waals surface area (Å²) in [5.41, 5.74) is 6.14. The fraction of sp³-hybridized carbons (Fsp3) is 0.455. The number of nitrogens with two attached hydrogens (primary N) is 1. The van der Waals surface area contributed by atoms with Crippen molar-refractivity contribution in [2.45, 2.75) is 17.5 Å². The summed E-state index contributed by atoms with van der Waals surface area (Å²) in [6.45, 7) is 0. The molecule has 0 aromatic carbocycles. The van der Waals surface area contributed by atoms with Crippen molar-refractivity contribution in [2.75, 3.05) is 23.6 Å². The zero-order valence-electron chi connectivity index (χ0n) is 10.8. The van der Waals surface area contributed by atoms with Gasteiger partial charge in [-0.15, -0.1) is 0 Å². The summed E-state index contributed by atoms with van der Waals surface area (Å²) in [5.74, 6) is 0.503. The van der Waals surface area contributed by atoms with Crippen molar-refractivity contribution in [1.82, 2.24) is 4.98 Å². The summed E-state index contributed by atoms with van der Waals surface area (Å²) in [6, 6.07) is 2.25. The van der Waals surface area contributed by atoms with Crippen LogP contribution in [0.25, 0.3) is 0 Å². The van der Waals surface area contributed by atoms with Crippen LogP contribution in [0.15, 0.2) is 23.4 Å². The fourth-order valence-corrected chi connectivity index (χ4v) is 2.33. The largest absolute Gasteiger partial charge is 0.323 e. The Balaban J connectivity index is 2.65. The Morgan fingerprint density at radius 1 is 1.53 bits per heavy atom. The Kier molecular flexibility index (Phi) is 5.77. The van der Waals surface area contributed by atoms with Crippen molar-refractivity contribution in [1.29, 1.82) is 0 Å². The van der Waals surface area contributed by atoms with Crippen LogP contribution in [0.4, 0.5) is 5.69 Å².